The third-order valence-electron chi connectivity index (χ3n) is 9.69. The fourth-order valence-corrected chi connectivity index (χ4v) is 6.84. The molecule has 1 aromatic heterocycles. The number of nitrogens with one attached hydrogen (secondary N) is 1. The third-order valence-corrected chi connectivity index (χ3v) is 9.69. The topological polar surface area (TPSA) is 95.2 Å². The van der Waals surface area contributed by atoms with E-state index in [1.807, 2.05) is 13.1 Å². The molecular weight excluding hydrogens is 504 g/mol. The maximum atomic E-state index is 12.4. The first kappa shape index (κ1) is 27.1. The van der Waals surface area contributed by atoms with Crippen molar-refractivity contribution < 1.29 is 14.6 Å². The van der Waals surface area contributed by atoms with Gasteiger partial charge in [0.25, 0.3) is 0 Å². The molecule has 216 valence electrons. The SMILES string of the molecule is CC1CCC(Cn2c(N3CCOC[C@H]3c3ccccc3)nc3c2C(=N[C@H](C)C2CCC2)N(C)C(C(=O)O)N3)CC1. The number of anilines is 2. The molecule has 2 aliphatic carbocycles. The van der Waals surface area contributed by atoms with E-state index in [1.165, 1.54) is 50.5 Å². The van der Waals surface area contributed by atoms with Crippen LogP contribution in [-0.2, 0) is 16.1 Å². The van der Waals surface area contributed by atoms with Crippen LogP contribution in [0.4, 0.5) is 11.8 Å². The lowest BCUT2D eigenvalue weighted by Crippen LogP contribution is -2.52. The molecule has 9 nitrogen and oxygen atoms in total. The Morgan fingerprint density at radius 2 is 1.93 bits per heavy atom. The van der Waals surface area contributed by atoms with Crippen molar-refractivity contribution in [3.05, 3.63) is 41.6 Å². The lowest BCUT2D eigenvalue weighted by atomic mass is 9.80. The Morgan fingerprint density at radius 3 is 2.60 bits per heavy atom. The average molecular weight is 549 g/mol. The number of carboxylic acid groups (broad SMARTS) is 1. The smallest absolute Gasteiger partial charge is 0.347 e. The van der Waals surface area contributed by atoms with Gasteiger partial charge < -0.3 is 29.5 Å². The number of aromatic nitrogens is 2. The Kier molecular flexibility index (Phi) is 7.75. The molecule has 2 N–H and O–H groups in total. The number of hydrogen-bond donors (Lipinski definition) is 2. The van der Waals surface area contributed by atoms with Gasteiger partial charge in [-0.15, -0.1) is 0 Å². The van der Waals surface area contributed by atoms with Gasteiger partial charge in [0.1, 0.15) is 5.69 Å². The highest BCUT2D eigenvalue weighted by atomic mass is 16.5. The summed E-state index contributed by atoms with van der Waals surface area (Å²) in [7, 11) is 1.85. The van der Waals surface area contributed by atoms with E-state index < -0.39 is 12.1 Å². The zero-order valence-corrected chi connectivity index (χ0v) is 24.1. The first-order valence-corrected chi connectivity index (χ1v) is 15.2. The van der Waals surface area contributed by atoms with Gasteiger partial charge in [0, 0.05) is 20.1 Å². The quantitative estimate of drug-likeness (QED) is 0.503. The summed E-state index contributed by atoms with van der Waals surface area (Å²) in [4.78, 5) is 27.0. The summed E-state index contributed by atoms with van der Waals surface area (Å²) < 4.78 is 8.34. The molecule has 0 amide bonds. The number of hydrogen-bond acceptors (Lipinski definition) is 6. The van der Waals surface area contributed by atoms with E-state index in [4.69, 9.17) is 14.7 Å². The highest BCUT2D eigenvalue weighted by Crippen LogP contribution is 2.39. The normalized spacial score (nSPS) is 29.0. The van der Waals surface area contributed by atoms with Gasteiger partial charge in [0.2, 0.25) is 12.1 Å². The number of imidazole rings is 1. The number of aliphatic imine (C=N–C) groups is 1. The number of carboxylic acids is 1. The molecule has 3 atom stereocenters. The van der Waals surface area contributed by atoms with Crippen molar-refractivity contribution in [1.82, 2.24) is 14.5 Å². The first-order valence-electron chi connectivity index (χ1n) is 15.2. The van der Waals surface area contributed by atoms with Crippen molar-refractivity contribution in [2.75, 3.05) is 37.0 Å². The summed E-state index contributed by atoms with van der Waals surface area (Å²) >= 11 is 0. The second-order valence-corrected chi connectivity index (χ2v) is 12.4. The van der Waals surface area contributed by atoms with Crippen LogP contribution in [0.5, 0.6) is 0 Å². The van der Waals surface area contributed by atoms with Crippen molar-refractivity contribution in [2.24, 2.45) is 22.7 Å². The van der Waals surface area contributed by atoms with E-state index in [0.29, 0.717) is 30.9 Å². The van der Waals surface area contributed by atoms with Crippen LogP contribution in [0.3, 0.4) is 0 Å². The monoisotopic (exact) mass is 548 g/mol. The average Bonchev–Trinajstić information content (AvgIpc) is 3.28. The van der Waals surface area contributed by atoms with Crippen LogP contribution in [-0.4, -0.2) is 70.4 Å². The van der Waals surface area contributed by atoms with Crippen LogP contribution < -0.4 is 10.2 Å². The van der Waals surface area contributed by atoms with Gasteiger partial charge in [-0.1, -0.05) is 56.5 Å². The van der Waals surface area contributed by atoms with Gasteiger partial charge in [-0.2, -0.15) is 4.98 Å². The predicted molar refractivity (Wildman–Crippen MR) is 157 cm³/mol. The van der Waals surface area contributed by atoms with Crippen LogP contribution in [0.2, 0.25) is 0 Å². The number of ether oxygens (including phenoxy) is 1. The Labute approximate surface area is 237 Å². The molecule has 1 unspecified atom stereocenters. The number of likely N-dealkylation sites (N-methyl/N-ethyl adjacent to an activating group) is 1. The number of amidine groups is 1. The second-order valence-electron chi connectivity index (χ2n) is 12.4. The van der Waals surface area contributed by atoms with Gasteiger partial charge in [-0.3, -0.25) is 4.99 Å². The maximum Gasteiger partial charge on any atom is 0.347 e. The Hall–Kier alpha value is -3.07. The van der Waals surface area contributed by atoms with Crippen molar-refractivity contribution >= 4 is 23.6 Å². The van der Waals surface area contributed by atoms with Crippen LogP contribution in [0.1, 0.15) is 76.1 Å². The van der Waals surface area contributed by atoms with Crippen LogP contribution in [0.15, 0.2) is 35.3 Å². The molecule has 1 saturated heterocycles. The summed E-state index contributed by atoms with van der Waals surface area (Å²) in [5, 5.41) is 13.4. The fourth-order valence-electron chi connectivity index (χ4n) is 6.84. The first-order chi connectivity index (χ1) is 19.4. The summed E-state index contributed by atoms with van der Waals surface area (Å²) in [5.41, 5.74) is 2.13. The number of benzene rings is 1. The highest BCUT2D eigenvalue weighted by Gasteiger charge is 2.40. The van der Waals surface area contributed by atoms with Crippen LogP contribution >= 0.6 is 0 Å². The molecule has 6 rings (SSSR count). The molecule has 4 aliphatic rings. The molecule has 3 fully saturated rings. The number of aliphatic carboxylic acids is 1. The zero-order chi connectivity index (χ0) is 27.8. The standard InChI is InChI=1S/C31H44N6O3/c1-20-12-14-22(15-13-20)18-37-26-27(33-29(30(38)39)35(3)28(26)32-21(2)23-10-7-11-23)34-31(37)36-16-17-40-19-25(36)24-8-5-4-6-9-24/h4-6,8-9,20-23,25,29,33H,7,10-19H2,1-3H3,(H,38,39)/t20?,21-,22?,25+,29?/m1/s1. The minimum Gasteiger partial charge on any atom is -0.478 e. The van der Waals surface area contributed by atoms with Crippen LogP contribution in [0.25, 0.3) is 0 Å². The summed E-state index contributed by atoms with van der Waals surface area (Å²) in [6.07, 6.45) is 7.61. The summed E-state index contributed by atoms with van der Waals surface area (Å²) in [6, 6.07) is 10.7. The Bertz CT molecular complexity index is 1220. The van der Waals surface area contributed by atoms with Crippen molar-refractivity contribution in [1.29, 1.82) is 0 Å². The lowest BCUT2D eigenvalue weighted by molar-refractivity contribution is -0.140. The maximum absolute atomic E-state index is 12.4. The minimum atomic E-state index is -0.928. The second kappa shape index (κ2) is 11.4. The van der Waals surface area contributed by atoms with Crippen LogP contribution in [0, 0.1) is 17.8 Å². The molecule has 1 aromatic carbocycles. The molecule has 2 saturated carbocycles. The molecule has 0 bridgehead atoms. The van der Waals surface area contributed by atoms with E-state index in [1.54, 1.807) is 4.90 Å². The van der Waals surface area contributed by atoms with Crippen molar-refractivity contribution in [3.8, 4) is 0 Å². The molecule has 40 heavy (non-hydrogen) atoms. The number of morpholine rings is 1. The highest BCUT2D eigenvalue weighted by molar-refractivity contribution is 6.06. The van der Waals surface area contributed by atoms with E-state index in [9.17, 15) is 9.90 Å². The van der Waals surface area contributed by atoms with E-state index in [-0.39, 0.29) is 12.1 Å². The molecule has 0 spiro atoms. The lowest BCUT2D eigenvalue weighted by Gasteiger charge is -2.38. The van der Waals surface area contributed by atoms with E-state index in [0.717, 1.165) is 36.5 Å². The summed E-state index contributed by atoms with van der Waals surface area (Å²) in [6.45, 7) is 7.34. The molecule has 2 aromatic rings. The Balaban J connectivity index is 1.47. The molecule has 3 heterocycles. The van der Waals surface area contributed by atoms with Gasteiger partial charge in [0.15, 0.2) is 11.7 Å². The van der Waals surface area contributed by atoms with E-state index >= 15 is 0 Å². The van der Waals surface area contributed by atoms with Gasteiger partial charge in [0.05, 0.1) is 25.3 Å². The molecule has 2 aliphatic heterocycles. The number of nitrogens with zero attached hydrogens (tertiary/aromatic N) is 5. The minimum absolute atomic E-state index is 0.0335. The third kappa shape index (κ3) is 5.20. The number of carbonyl (C=O) groups is 1. The Morgan fingerprint density at radius 1 is 1.18 bits per heavy atom. The van der Waals surface area contributed by atoms with Gasteiger partial charge in [-0.05, 0) is 55.9 Å². The summed E-state index contributed by atoms with van der Waals surface area (Å²) in [5.74, 6) is 3.21. The van der Waals surface area contributed by atoms with Crippen molar-refractivity contribution in [3.63, 3.8) is 0 Å². The fraction of sp³-hybridized carbons (Fsp3) is 0.645. The van der Waals surface area contributed by atoms with Crippen molar-refractivity contribution in [2.45, 2.75) is 83.6 Å². The molecule has 9 heteroatoms. The van der Waals surface area contributed by atoms with Gasteiger partial charge in [-0.25, -0.2) is 4.79 Å². The number of fused-ring (bicyclic) bond motifs is 1. The van der Waals surface area contributed by atoms with Gasteiger partial charge >= 0.3 is 5.97 Å². The largest absolute Gasteiger partial charge is 0.478 e. The van der Waals surface area contributed by atoms with E-state index in [2.05, 4.69) is 52.9 Å². The number of rotatable bonds is 7. The molecular formula is C31H44N6O3. The zero-order valence-electron chi connectivity index (χ0n) is 24.1. The predicted octanol–water partition coefficient (Wildman–Crippen LogP) is 4.99. The molecule has 0 radical (unpaired) electrons.